The van der Waals surface area contributed by atoms with E-state index in [0.29, 0.717) is 18.7 Å². The number of hydrogen-bond donors (Lipinski definition) is 1. The fourth-order valence-electron chi connectivity index (χ4n) is 4.50. The van der Waals surface area contributed by atoms with Crippen molar-refractivity contribution in [1.29, 1.82) is 5.26 Å². The summed E-state index contributed by atoms with van der Waals surface area (Å²) < 4.78 is 2.18. The molecule has 1 amide bonds. The van der Waals surface area contributed by atoms with Crippen molar-refractivity contribution in [3.8, 4) is 28.5 Å². The van der Waals surface area contributed by atoms with Crippen LogP contribution in [0.3, 0.4) is 0 Å². The van der Waals surface area contributed by atoms with E-state index < -0.39 is 0 Å². The van der Waals surface area contributed by atoms with Gasteiger partial charge in [-0.15, -0.1) is 0 Å². The van der Waals surface area contributed by atoms with E-state index in [1.54, 1.807) is 0 Å². The summed E-state index contributed by atoms with van der Waals surface area (Å²) >= 11 is 0. The number of amides is 1. The Morgan fingerprint density at radius 2 is 1.76 bits per heavy atom. The highest BCUT2D eigenvalue weighted by Crippen LogP contribution is 2.29. The zero-order valence-electron chi connectivity index (χ0n) is 19.5. The van der Waals surface area contributed by atoms with E-state index in [2.05, 4.69) is 71.1 Å². The molecule has 1 N–H and O–H groups in total. The number of hydrogen-bond acceptors (Lipinski definition) is 4. The molecule has 0 aliphatic carbocycles. The first-order valence-corrected chi connectivity index (χ1v) is 11.6. The van der Waals surface area contributed by atoms with Gasteiger partial charge in [0.15, 0.2) is 0 Å². The second-order valence-electron chi connectivity index (χ2n) is 8.92. The monoisotopic (exact) mass is 449 g/mol. The zero-order valence-corrected chi connectivity index (χ0v) is 19.5. The van der Waals surface area contributed by atoms with Crippen LogP contribution < -0.4 is 5.32 Å². The molecule has 0 radical (unpaired) electrons. The Morgan fingerprint density at radius 1 is 1.00 bits per heavy atom. The molecule has 2 aromatic carbocycles. The first-order chi connectivity index (χ1) is 16.5. The number of pyridine rings is 1. The van der Waals surface area contributed by atoms with Gasteiger partial charge >= 0.3 is 0 Å². The third-order valence-corrected chi connectivity index (χ3v) is 6.63. The van der Waals surface area contributed by atoms with Crippen LogP contribution in [-0.4, -0.2) is 46.4 Å². The highest BCUT2D eigenvalue weighted by Gasteiger charge is 2.19. The largest absolute Gasteiger partial charge is 0.354 e. The number of nitrogens with zero attached hydrogens (tertiary/aromatic N) is 4. The van der Waals surface area contributed by atoms with Crippen LogP contribution in [0.15, 0.2) is 60.8 Å². The molecule has 0 atom stereocenters. The van der Waals surface area contributed by atoms with Crippen molar-refractivity contribution in [3.63, 3.8) is 0 Å². The lowest BCUT2D eigenvalue weighted by Crippen LogP contribution is -2.48. The minimum atomic E-state index is 0.0775. The average molecular weight is 450 g/mol. The van der Waals surface area contributed by atoms with Gasteiger partial charge in [-0.3, -0.25) is 9.69 Å². The predicted octanol–water partition coefficient (Wildman–Crippen LogP) is 4.13. The minimum Gasteiger partial charge on any atom is -0.354 e. The van der Waals surface area contributed by atoms with Crippen molar-refractivity contribution < 1.29 is 4.79 Å². The Balaban J connectivity index is 1.57. The highest BCUT2D eigenvalue weighted by atomic mass is 16.2. The van der Waals surface area contributed by atoms with Gasteiger partial charge in [-0.2, -0.15) is 5.26 Å². The van der Waals surface area contributed by atoms with E-state index >= 15 is 0 Å². The van der Waals surface area contributed by atoms with Gasteiger partial charge in [0.25, 0.3) is 0 Å². The summed E-state index contributed by atoms with van der Waals surface area (Å²) in [6, 6.07) is 20.5. The van der Waals surface area contributed by atoms with Gasteiger partial charge in [0.2, 0.25) is 5.91 Å². The molecule has 2 aromatic heterocycles. The Hall–Kier alpha value is -3.95. The summed E-state index contributed by atoms with van der Waals surface area (Å²) in [5.74, 6) is 0.0775. The lowest BCUT2D eigenvalue weighted by atomic mass is 10.0. The van der Waals surface area contributed by atoms with Crippen LogP contribution >= 0.6 is 0 Å². The minimum absolute atomic E-state index is 0.0775. The van der Waals surface area contributed by atoms with Gasteiger partial charge in [0.1, 0.15) is 5.65 Å². The Bertz CT molecular complexity index is 1410. The van der Waals surface area contributed by atoms with E-state index in [4.69, 9.17) is 4.98 Å². The Morgan fingerprint density at radius 3 is 2.50 bits per heavy atom. The molecule has 0 saturated carbocycles. The number of aryl methyl sites for hydroxylation is 2. The molecular formula is C28H27N5O. The van der Waals surface area contributed by atoms with E-state index in [1.807, 2.05) is 24.3 Å². The average Bonchev–Trinajstić information content (AvgIpc) is 3.22. The molecule has 6 heteroatoms. The van der Waals surface area contributed by atoms with Crippen molar-refractivity contribution in [3.05, 3.63) is 83.2 Å². The molecule has 1 aliphatic heterocycles. The molecule has 0 unspecified atom stereocenters. The molecule has 0 spiro atoms. The van der Waals surface area contributed by atoms with Crippen molar-refractivity contribution in [2.45, 2.75) is 20.3 Å². The van der Waals surface area contributed by atoms with Crippen LogP contribution in [0.4, 0.5) is 0 Å². The Kier molecular flexibility index (Phi) is 5.87. The molecule has 1 saturated heterocycles. The van der Waals surface area contributed by atoms with E-state index in [-0.39, 0.29) is 5.91 Å². The summed E-state index contributed by atoms with van der Waals surface area (Å²) in [6.07, 6.45) is 2.93. The Labute approximate surface area is 199 Å². The molecule has 1 fully saturated rings. The van der Waals surface area contributed by atoms with Crippen LogP contribution in [0.5, 0.6) is 0 Å². The number of benzene rings is 2. The van der Waals surface area contributed by atoms with Crippen molar-refractivity contribution >= 4 is 11.6 Å². The number of carbonyl (C=O) groups excluding carboxylic acids is 1. The molecule has 170 valence electrons. The standard InChI is InChI=1S/C28H27N5O/c1-19-3-6-23(15-20(19)2)24-9-10-26-31-28(22-7-4-21(16-29)5-8-22)25(33(26)17-24)11-13-32-14-12-30-27(34)18-32/h3-10,15,17H,11-14,18H2,1-2H3,(H,30,34). The second kappa shape index (κ2) is 9.12. The number of aromatic nitrogens is 2. The fourth-order valence-corrected chi connectivity index (χ4v) is 4.50. The van der Waals surface area contributed by atoms with Crippen LogP contribution in [0.2, 0.25) is 0 Å². The molecule has 6 nitrogen and oxygen atoms in total. The summed E-state index contributed by atoms with van der Waals surface area (Å²) in [5.41, 5.74) is 9.40. The maximum absolute atomic E-state index is 11.9. The molecular weight excluding hydrogens is 422 g/mol. The maximum atomic E-state index is 11.9. The van der Waals surface area contributed by atoms with Gasteiger partial charge in [-0.25, -0.2) is 4.98 Å². The van der Waals surface area contributed by atoms with Crippen molar-refractivity contribution in [2.24, 2.45) is 0 Å². The topological polar surface area (TPSA) is 73.4 Å². The number of nitriles is 1. The highest BCUT2D eigenvalue weighted by molar-refractivity contribution is 5.78. The molecule has 1 aliphatic rings. The van der Waals surface area contributed by atoms with Gasteiger partial charge in [-0.05, 0) is 60.4 Å². The SMILES string of the molecule is Cc1ccc(-c2ccc3nc(-c4ccc(C#N)cc4)c(CCN4CCNC(=O)C4)n3c2)cc1C. The van der Waals surface area contributed by atoms with E-state index in [0.717, 1.165) is 47.7 Å². The number of imidazole rings is 1. The van der Waals surface area contributed by atoms with Gasteiger partial charge in [0.05, 0.1) is 29.6 Å². The lowest BCUT2D eigenvalue weighted by Gasteiger charge is -2.26. The summed E-state index contributed by atoms with van der Waals surface area (Å²) in [5, 5.41) is 12.1. The molecule has 34 heavy (non-hydrogen) atoms. The number of fused-ring (bicyclic) bond motifs is 1. The third-order valence-electron chi connectivity index (χ3n) is 6.63. The van der Waals surface area contributed by atoms with Crippen molar-refractivity contribution in [2.75, 3.05) is 26.2 Å². The van der Waals surface area contributed by atoms with E-state index in [9.17, 15) is 10.1 Å². The van der Waals surface area contributed by atoms with Crippen LogP contribution in [0, 0.1) is 25.2 Å². The first kappa shape index (κ1) is 21.9. The maximum Gasteiger partial charge on any atom is 0.234 e. The van der Waals surface area contributed by atoms with Crippen LogP contribution in [0.1, 0.15) is 22.4 Å². The lowest BCUT2D eigenvalue weighted by molar-refractivity contribution is -0.124. The fraction of sp³-hybridized carbons (Fsp3) is 0.250. The molecule has 0 bridgehead atoms. The number of rotatable bonds is 5. The molecule has 4 aromatic rings. The summed E-state index contributed by atoms with van der Waals surface area (Å²) in [7, 11) is 0. The quantitative estimate of drug-likeness (QED) is 0.497. The third kappa shape index (κ3) is 4.30. The number of carbonyl (C=O) groups is 1. The summed E-state index contributed by atoms with van der Waals surface area (Å²) in [6.45, 7) is 7.00. The van der Waals surface area contributed by atoms with Crippen molar-refractivity contribution in [1.82, 2.24) is 19.6 Å². The van der Waals surface area contributed by atoms with E-state index in [1.165, 1.54) is 16.7 Å². The smallest absolute Gasteiger partial charge is 0.234 e. The van der Waals surface area contributed by atoms with Crippen LogP contribution in [-0.2, 0) is 11.2 Å². The van der Waals surface area contributed by atoms with Gasteiger partial charge in [0, 0.05) is 37.8 Å². The normalized spacial score (nSPS) is 14.2. The predicted molar refractivity (Wildman–Crippen MR) is 133 cm³/mol. The molecule has 5 rings (SSSR count). The van der Waals surface area contributed by atoms with Crippen LogP contribution in [0.25, 0.3) is 28.0 Å². The number of piperazine rings is 1. The number of nitrogens with one attached hydrogen (secondary N) is 1. The second-order valence-corrected chi connectivity index (χ2v) is 8.92. The van der Waals surface area contributed by atoms with Gasteiger partial charge < -0.3 is 9.72 Å². The zero-order chi connectivity index (χ0) is 23.7. The first-order valence-electron chi connectivity index (χ1n) is 11.6. The van der Waals surface area contributed by atoms with Gasteiger partial charge in [-0.1, -0.05) is 30.3 Å². The summed E-state index contributed by atoms with van der Waals surface area (Å²) in [4.78, 5) is 19.0. The molecule has 3 heterocycles.